The van der Waals surface area contributed by atoms with E-state index in [9.17, 15) is 0 Å². The zero-order valence-corrected chi connectivity index (χ0v) is 38.6. The van der Waals surface area contributed by atoms with E-state index in [-0.39, 0.29) is 0 Å². The fourth-order valence-electron chi connectivity index (χ4n) is 10.7. The van der Waals surface area contributed by atoms with Crippen LogP contribution in [0, 0.1) is 0 Å². The van der Waals surface area contributed by atoms with Gasteiger partial charge in [0.2, 0.25) is 0 Å². The Morgan fingerprint density at radius 2 is 0.914 bits per heavy atom. The largest absolute Gasteiger partial charge is 0.309 e. The first-order valence-electron chi connectivity index (χ1n) is 24.0. The average Bonchev–Trinajstić information content (AvgIpc) is 3.77. The van der Waals surface area contributed by atoms with Gasteiger partial charge < -0.3 is 4.57 Å². The minimum atomic E-state index is 0.840. The number of aromatic nitrogens is 3. The van der Waals surface area contributed by atoms with Gasteiger partial charge in [0.25, 0.3) is 0 Å². The van der Waals surface area contributed by atoms with Crippen LogP contribution < -0.4 is 0 Å². The van der Waals surface area contributed by atoms with Gasteiger partial charge in [-0.15, -0.1) is 0 Å². The van der Waals surface area contributed by atoms with E-state index in [0.29, 0.717) is 0 Å². The van der Waals surface area contributed by atoms with Gasteiger partial charge in [-0.05, 0) is 115 Å². The van der Waals surface area contributed by atoms with Crippen LogP contribution in [0.3, 0.4) is 0 Å². The molecule has 0 spiro atoms. The summed E-state index contributed by atoms with van der Waals surface area (Å²) in [4.78, 5) is 11.0. The standard InChI is InChI=1S/C67H45N3/c1-2-3-28-51(46-23-9-5-10-24-46)58-43-63-65(56-33-18-16-31-54(56)58)64-55-32-17-15-30-53(55)57(47-25-11-6-12-26-47)42-62(64)70(63)50-40-49-27-13-14-29-52(49)59(41-50)67-66(68-60-34-19-20-35-61(60)69-67)48-38-36-45(37-39-48)44-21-7-4-8-22-44/h2-43H,1H3/b3-2-,51-28+. The maximum absolute atomic E-state index is 5.55. The number of para-hydroxylation sites is 2. The fourth-order valence-corrected chi connectivity index (χ4v) is 10.7. The van der Waals surface area contributed by atoms with Gasteiger partial charge in [0, 0.05) is 27.6 Å². The second kappa shape index (κ2) is 17.2. The molecule has 0 saturated heterocycles. The summed E-state index contributed by atoms with van der Waals surface area (Å²) in [5.74, 6) is 0. The van der Waals surface area contributed by atoms with Gasteiger partial charge >= 0.3 is 0 Å². The summed E-state index contributed by atoms with van der Waals surface area (Å²) >= 11 is 0. The van der Waals surface area contributed by atoms with Crippen molar-refractivity contribution in [1.29, 1.82) is 0 Å². The highest BCUT2D eigenvalue weighted by Gasteiger charge is 2.24. The lowest BCUT2D eigenvalue weighted by molar-refractivity contribution is 1.18. The lowest BCUT2D eigenvalue weighted by Gasteiger charge is -2.18. The monoisotopic (exact) mass is 891 g/mol. The molecule has 0 aliphatic heterocycles. The summed E-state index contributed by atoms with van der Waals surface area (Å²) in [6, 6.07) is 85.4. The van der Waals surface area contributed by atoms with Crippen LogP contribution in [0.2, 0.25) is 0 Å². The van der Waals surface area contributed by atoms with Crippen molar-refractivity contribution >= 4 is 70.7 Å². The highest BCUT2D eigenvalue weighted by Crippen LogP contribution is 2.47. The van der Waals surface area contributed by atoms with Crippen LogP contribution in [-0.4, -0.2) is 14.5 Å². The zero-order chi connectivity index (χ0) is 46.5. The Kier molecular flexibility index (Phi) is 10.1. The predicted molar refractivity (Wildman–Crippen MR) is 296 cm³/mol. The van der Waals surface area contributed by atoms with Crippen LogP contribution in [0.1, 0.15) is 18.1 Å². The van der Waals surface area contributed by atoms with E-state index >= 15 is 0 Å². The topological polar surface area (TPSA) is 30.7 Å². The number of hydrogen-bond acceptors (Lipinski definition) is 2. The predicted octanol–water partition coefficient (Wildman–Crippen LogP) is 17.9. The first kappa shape index (κ1) is 41.0. The molecule has 0 N–H and O–H groups in total. The highest BCUT2D eigenvalue weighted by molar-refractivity contribution is 6.31. The summed E-state index contributed by atoms with van der Waals surface area (Å²) in [7, 11) is 0. The fraction of sp³-hybridized carbons (Fsp3) is 0.0149. The molecule has 328 valence electrons. The van der Waals surface area contributed by atoms with Crippen LogP contribution >= 0.6 is 0 Å². The van der Waals surface area contributed by atoms with Crippen molar-refractivity contribution in [2.45, 2.75) is 6.92 Å². The Bertz CT molecular complexity index is 4200. The van der Waals surface area contributed by atoms with Crippen molar-refractivity contribution in [1.82, 2.24) is 14.5 Å². The Morgan fingerprint density at radius 1 is 0.400 bits per heavy atom. The molecule has 0 aliphatic carbocycles. The Morgan fingerprint density at radius 3 is 1.60 bits per heavy atom. The number of benzene rings is 11. The third-order valence-corrected chi connectivity index (χ3v) is 13.9. The number of fused-ring (bicyclic) bond motifs is 9. The van der Waals surface area contributed by atoms with E-state index in [0.717, 1.165) is 77.7 Å². The van der Waals surface area contributed by atoms with Gasteiger partial charge in [0.05, 0.1) is 33.5 Å². The molecule has 11 aromatic carbocycles. The van der Waals surface area contributed by atoms with Crippen LogP contribution in [-0.2, 0) is 0 Å². The van der Waals surface area contributed by atoms with Crippen molar-refractivity contribution in [3.8, 4) is 50.5 Å². The minimum absolute atomic E-state index is 0.840. The SMILES string of the molecule is C/C=C\C=C(/c1ccccc1)c1cc2c(c3ccccc13)c1c3ccccc3c(-c3ccccc3)cc1n2-c1cc(-c2nc3ccccc3nc2-c2ccc(-c3ccccc3)cc2)c2ccccc2c1. The molecule has 70 heavy (non-hydrogen) atoms. The molecule has 3 nitrogen and oxygen atoms in total. The average molecular weight is 892 g/mol. The molecule has 0 bridgehead atoms. The molecule has 0 fully saturated rings. The normalized spacial score (nSPS) is 12.1. The molecular weight excluding hydrogens is 847 g/mol. The molecule has 0 saturated carbocycles. The van der Waals surface area contributed by atoms with Crippen LogP contribution in [0.15, 0.2) is 255 Å². The van der Waals surface area contributed by atoms with Crippen LogP contribution in [0.5, 0.6) is 0 Å². The molecule has 3 heteroatoms. The molecule has 2 aromatic heterocycles. The highest BCUT2D eigenvalue weighted by atomic mass is 15.0. The lowest BCUT2D eigenvalue weighted by Crippen LogP contribution is -2.00. The number of rotatable bonds is 8. The van der Waals surface area contributed by atoms with E-state index in [1.165, 1.54) is 54.6 Å². The van der Waals surface area contributed by atoms with E-state index < -0.39 is 0 Å². The summed E-state index contributed by atoms with van der Waals surface area (Å²) in [5, 5.41) is 9.54. The Labute approximate surface area is 406 Å². The summed E-state index contributed by atoms with van der Waals surface area (Å²) in [5.41, 5.74) is 16.9. The molecule has 0 radical (unpaired) electrons. The third-order valence-electron chi connectivity index (χ3n) is 13.9. The Balaban J connectivity index is 1.17. The lowest BCUT2D eigenvalue weighted by atomic mass is 9.89. The van der Waals surface area contributed by atoms with Crippen molar-refractivity contribution < 1.29 is 0 Å². The Hall–Kier alpha value is -9.18. The third kappa shape index (κ3) is 6.90. The second-order valence-corrected chi connectivity index (χ2v) is 18.0. The maximum atomic E-state index is 5.55. The molecule has 0 atom stereocenters. The van der Waals surface area contributed by atoms with Gasteiger partial charge in [-0.2, -0.15) is 0 Å². The van der Waals surface area contributed by atoms with E-state index in [4.69, 9.17) is 9.97 Å². The molecule has 2 heterocycles. The second-order valence-electron chi connectivity index (χ2n) is 18.0. The summed E-state index contributed by atoms with van der Waals surface area (Å²) in [6.07, 6.45) is 6.53. The van der Waals surface area contributed by atoms with Crippen molar-refractivity contribution in [2.24, 2.45) is 0 Å². The van der Waals surface area contributed by atoms with E-state index in [1.54, 1.807) is 0 Å². The van der Waals surface area contributed by atoms with Crippen molar-refractivity contribution in [3.05, 3.63) is 266 Å². The molecular formula is C67H45N3. The van der Waals surface area contributed by atoms with Crippen LogP contribution in [0.25, 0.3) is 121 Å². The molecule has 13 rings (SSSR count). The number of hydrogen-bond donors (Lipinski definition) is 0. The first-order chi connectivity index (χ1) is 34.7. The smallest absolute Gasteiger partial charge is 0.0980 e. The maximum Gasteiger partial charge on any atom is 0.0980 e. The molecule has 13 aromatic rings. The van der Waals surface area contributed by atoms with E-state index in [1.807, 2.05) is 12.1 Å². The van der Waals surface area contributed by atoms with Gasteiger partial charge in [0.1, 0.15) is 0 Å². The van der Waals surface area contributed by atoms with Crippen LogP contribution in [0.4, 0.5) is 0 Å². The first-order valence-corrected chi connectivity index (χ1v) is 24.0. The number of nitrogens with zero attached hydrogens (tertiary/aromatic N) is 3. The zero-order valence-electron chi connectivity index (χ0n) is 38.6. The van der Waals surface area contributed by atoms with E-state index in [2.05, 4.69) is 254 Å². The van der Waals surface area contributed by atoms with Crippen molar-refractivity contribution in [2.75, 3.05) is 0 Å². The molecule has 0 unspecified atom stereocenters. The summed E-state index contributed by atoms with van der Waals surface area (Å²) < 4.78 is 2.52. The molecule has 0 amide bonds. The van der Waals surface area contributed by atoms with Gasteiger partial charge in [-0.25, -0.2) is 9.97 Å². The van der Waals surface area contributed by atoms with Gasteiger partial charge in [-0.3, -0.25) is 0 Å². The quantitative estimate of drug-likeness (QED) is 0.142. The molecule has 0 aliphatic rings. The number of allylic oxidation sites excluding steroid dienone is 3. The summed E-state index contributed by atoms with van der Waals surface area (Å²) in [6.45, 7) is 2.08. The van der Waals surface area contributed by atoms with Gasteiger partial charge in [0.15, 0.2) is 0 Å². The van der Waals surface area contributed by atoms with Gasteiger partial charge in [-0.1, -0.05) is 218 Å². The van der Waals surface area contributed by atoms with Crippen molar-refractivity contribution in [3.63, 3.8) is 0 Å². The minimum Gasteiger partial charge on any atom is -0.309 e.